The Hall–Kier alpha value is -4.80. The molecular formula is C30H26O10. The number of aliphatic hydroxyl groups excluding tert-OH is 2. The van der Waals surface area contributed by atoms with Gasteiger partial charge in [0.05, 0.1) is 6.10 Å². The fraction of sp³-hybridized carbons (Fsp3) is 0.200. The van der Waals surface area contributed by atoms with Crippen LogP contribution < -0.4 is 9.47 Å². The third-order valence-corrected chi connectivity index (χ3v) is 7.47. The van der Waals surface area contributed by atoms with Gasteiger partial charge in [-0.3, -0.25) is 0 Å². The zero-order chi connectivity index (χ0) is 28.3. The van der Waals surface area contributed by atoms with Crippen molar-refractivity contribution >= 4 is 0 Å². The summed E-state index contributed by atoms with van der Waals surface area (Å²) in [6.07, 6.45) is -4.00. The molecular weight excluding hydrogens is 520 g/mol. The highest BCUT2D eigenvalue weighted by Gasteiger charge is 2.42. The normalized spacial score (nSPS) is 23.4. The predicted molar refractivity (Wildman–Crippen MR) is 140 cm³/mol. The molecule has 6 rings (SSSR count). The highest BCUT2D eigenvalue weighted by molar-refractivity contribution is 5.57. The summed E-state index contributed by atoms with van der Waals surface area (Å²) in [6, 6.07) is 15.6. The number of hydrogen-bond acceptors (Lipinski definition) is 10. The van der Waals surface area contributed by atoms with Crippen molar-refractivity contribution in [2.75, 3.05) is 0 Å². The second-order valence-electron chi connectivity index (χ2n) is 10.1. The standard InChI is InChI=1S/C30H26O10/c31-16-3-4-17(21(34)11-16)27-18-7-15-10-24(37)29(13-1-5-19(32)22(35)8-13)39-25(15)12-26(18)40-30(28(27)38)14-2-6-20(33)23(36)9-14/h1-9,11-12,24,27-38H,10H2/t24-,27+,28-,29+,30+/m0/s1. The molecule has 206 valence electrons. The highest BCUT2D eigenvalue weighted by atomic mass is 16.5. The van der Waals surface area contributed by atoms with Crippen LogP contribution in [0.5, 0.6) is 46.0 Å². The van der Waals surface area contributed by atoms with Gasteiger partial charge >= 0.3 is 0 Å². The minimum Gasteiger partial charge on any atom is -0.508 e. The lowest BCUT2D eigenvalue weighted by atomic mass is 9.78. The van der Waals surface area contributed by atoms with E-state index in [0.717, 1.165) is 0 Å². The first-order valence-corrected chi connectivity index (χ1v) is 12.5. The number of aliphatic hydroxyl groups is 2. The summed E-state index contributed by atoms with van der Waals surface area (Å²) in [5.41, 5.74) is 2.25. The zero-order valence-corrected chi connectivity index (χ0v) is 20.8. The molecule has 0 bridgehead atoms. The summed E-state index contributed by atoms with van der Waals surface area (Å²) >= 11 is 0. The lowest BCUT2D eigenvalue weighted by Gasteiger charge is -2.39. The van der Waals surface area contributed by atoms with Crippen LogP contribution >= 0.6 is 0 Å². The lowest BCUT2D eigenvalue weighted by molar-refractivity contribution is 0.00457. The summed E-state index contributed by atoms with van der Waals surface area (Å²) in [4.78, 5) is 0. The molecule has 0 spiro atoms. The van der Waals surface area contributed by atoms with Crippen molar-refractivity contribution in [3.63, 3.8) is 0 Å². The van der Waals surface area contributed by atoms with Crippen LogP contribution in [0.3, 0.4) is 0 Å². The molecule has 8 N–H and O–H groups in total. The Morgan fingerprint density at radius 2 is 1.18 bits per heavy atom. The number of rotatable bonds is 3. The molecule has 0 radical (unpaired) electrons. The minimum atomic E-state index is -1.27. The van der Waals surface area contributed by atoms with E-state index in [2.05, 4.69) is 0 Å². The Balaban J connectivity index is 1.46. The van der Waals surface area contributed by atoms with Crippen LogP contribution in [0.1, 0.15) is 45.9 Å². The van der Waals surface area contributed by atoms with Gasteiger partial charge in [0.1, 0.15) is 35.2 Å². The van der Waals surface area contributed by atoms with E-state index in [1.165, 1.54) is 54.6 Å². The molecule has 2 aliphatic heterocycles. The first kappa shape index (κ1) is 25.5. The molecule has 0 fully saturated rings. The van der Waals surface area contributed by atoms with E-state index in [4.69, 9.17) is 9.47 Å². The number of aromatic hydroxyl groups is 6. The van der Waals surface area contributed by atoms with E-state index in [9.17, 15) is 40.9 Å². The van der Waals surface area contributed by atoms with Gasteiger partial charge in [-0.05, 0) is 53.1 Å². The molecule has 40 heavy (non-hydrogen) atoms. The molecule has 0 aliphatic carbocycles. The Labute approximate surface area is 227 Å². The number of phenolic OH excluding ortho intramolecular Hbond substituents is 6. The van der Waals surface area contributed by atoms with E-state index in [1.54, 1.807) is 12.1 Å². The van der Waals surface area contributed by atoms with Crippen molar-refractivity contribution in [1.29, 1.82) is 0 Å². The number of hydrogen-bond donors (Lipinski definition) is 8. The van der Waals surface area contributed by atoms with E-state index in [-0.39, 0.29) is 35.2 Å². The summed E-state index contributed by atoms with van der Waals surface area (Å²) in [5.74, 6) is -1.94. The Kier molecular flexibility index (Phi) is 6.01. The van der Waals surface area contributed by atoms with Crippen LogP contribution in [0.2, 0.25) is 0 Å². The zero-order valence-electron chi connectivity index (χ0n) is 20.8. The molecule has 0 unspecified atom stereocenters. The van der Waals surface area contributed by atoms with Gasteiger partial charge < -0.3 is 50.3 Å². The fourth-order valence-corrected chi connectivity index (χ4v) is 5.49. The van der Waals surface area contributed by atoms with E-state index >= 15 is 0 Å². The van der Waals surface area contributed by atoms with Crippen LogP contribution in [0, 0.1) is 0 Å². The molecule has 0 saturated heterocycles. The largest absolute Gasteiger partial charge is 0.508 e. The maximum atomic E-state index is 11.6. The Bertz CT molecular complexity index is 1620. The smallest absolute Gasteiger partial charge is 0.157 e. The molecule has 4 aromatic carbocycles. The molecule has 0 aromatic heterocycles. The van der Waals surface area contributed by atoms with Crippen molar-refractivity contribution in [2.45, 2.75) is 36.8 Å². The van der Waals surface area contributed by atoms with Crippen molar-refractivity contribution in [1.82, 2.24) is 0 Å². The average molecular weight is 547 g/mol. The summed E-state index contributed by atoms with van der Waals surface area (Å²) in [5, 5.41) is 82.6. The first-order chi connectivity index (χ1) is 19.1. The number of benzene rings is 4. The molecule has 2 heterocycles. The van der Waals surface area contributed by atoms with Crippen LogP contribution in [0.15, 0.2) is 66.7 Å². The van der Waals surface area contributed by atoms with Crippen molar-refractivity contribution in [3.05, 3.63) is 94.5 Å². The molecule has 5 atom stereocenters. The van der Waals surface area contributed by atoms with Gasteiger partial charge in [0, 0.05) is 35.6 Å². The monoisotopic (exact) mass is 546 g/mol. The van der Waals surface area contributed by atoms with Gasteiger partial charge in [0.2, 0.25) is 0 Å². The molecule has 0 amide bonds. The molecule has 4 aromatic rings. The summed E-state index contributed by atoms with van der Waals surface area (Å²) < 4.78 is 12.4. The summed E-state index contributed by atoms with van der Waals surface area (Å²) in [7, 11) is 0. The predicted octanol–water partition coefficient (Wildman–Crippen LogP) is 3.58. The van der Waals surface area contributed by atoms with Crippen molar-refractivity contribution in [2.24, 2.45) is 0 Å². The minimum absolute atomic E-state index is 0.156. The van der Waals surface area contributed by atoms with Crippen LogP contribution in [0.25, 0.3) is 0 Å². The number of fused-ring (bicyclic) bond motifs is 2. The van der Waals surface area contributed by atoms with Crippen molar-refractivity contribution < 1.29 is 50.3 Å². The van der Waals surface area contributed by atoms with Gasteiger partial charge in [-0.2, -0.15) is 0 Å². The number of phenols is 6. The molecule has 10 nitrogen and oxygen atoms in total. The topological polar surface area (TPSA) is 180 Å². The molecule has 0 saturated carbocycles. The fourth-order valence-electron chi connectivity index (χ4n) is 5.49. The van der Waals surface area contributed by atoms with Crippen LogP contribution in [-0.4, -0.2) is 53.1 Å². The third-order valence-electron chi connectivity index (χ3n) is 7.47. The SMILES string of the molecule is Oc1ccc([C@@H]2c3cc4c(cc3O[C@H](c3ccc(O)c(O)c3)[C@H]2O)O[C@H](c2ccc(O)c(O)c2)[C@@H](O)C4)c(O)c1. The van der Waals surface area contributed by atoms with Gasteiger partial charge in [0.15, 0.2) is 29.1 Å². The molecule has 10 heteroatoms. The quantitative estimate of drug-likeness (QED) is 0.177. The summed E-state index contributed by atoms with van der Waals surface area (Å²) in [6.45, 7) is 0. The average Bonchev–Trinajstić information content (AvgIpc) is 2.91. The van der Waals surface area contributed by atoms with Gasteiger partial charge in [0.25, 0.3) is 0 Å². The van der Waals surface area contributed by atoms with Gasteiger partial charge in [-0.1, -0.05) is 18.2 Å². The van der Waals surface area contributed by atoms with Gasteiger partial charge in [-0.15, -0.1) is 0 Å². The lowest BCUT2D eigenvalue weighted by Crippen LogP contribution is -2.36. The third kappa shape index (κ3) is 4.23. The second kappa shape index (κ2) is 9.44. The Morgan fingerprint density at radius 1 is 0.550 bits per heavy atom. The maximum Gasteiger partial charge on any atom is 0.157 e. The van der Waals surface area contributed by atoms with E-state index in [0.29, 0.717) is 39.3 Å². The van der Waals surface area contributed by atoms with E-state index in [1.807, 2.05) is 0 Å². The highest BCUT2D eigenvalue weighted by Crippen LogP contribution is 2.51. The van der Waals surface area contributed by atoms with E-state index < -0.39 is 36.1 Å². The van der Waals surface area contributed by atoms with Crippen LogP contribution in [0.4, 0.5) is 0 Å². The Morgan fingerprint density at radius 3 is 1.80 bits per heavy atom. The van der Waals surface area contributed by atoms with Gasteiger partial charge in [-0.25, -0.2) is 0 Å². The second-order valence-corrected chi connectivity index (χ2v) is 10.1. The number of ether oxygens (including phenoxy) is 2. The van der Waals surface area contributed by atoms with Crippen LogP contribution in [-0.2, 0) is 6.42 Å². The van der Waals surface area contributed by atoms with Crippen molar-refractivity contribution in [3.8, 4) is 46.0 Å². The maximum absolute atomic E-state index is 11.6. The first-order valence-electron chi connectivity index (χ1n) is 12.5. The molecule has 2 aliphatic rings.